The summed E-state index contributed by atoms with van der Waals surface area (Å²) in [5.41, 5.74) is 7.75. The van der Waals surface area contributed by atoms with Gasteiger partial charge in [-0.15, -0.1) is 0 Å². The van der Waals surface area contributed by atoms with Crippen molar-refractivity contribution in [3.63, 3.8) is 0 Å². The highest BCUT2D eigenvalue weighted by Crippen LogP contribution is 1.79. The number of azide groups is 1. The number of ether oxygens (including phenoxy) is 1. The number of methoxy groups -OCH3 is 1. The van der Waals surface area contributed by atoms with Crippen molar-refractivity contribution in [2.75, 3.05) is 13.7 Å². The first-order valence-corrected chi connectivity index (χ1v) is 2.29. The third kappa shape index (κ3) is 3.39. The zero-order chi connectivity index (χ0) is 6.41. The molecule has 0 saturated carbocycles. The minimum Gasteiger partial charge on any atom is -0.490 e. The quantitative estimate of drug-likeness (QED) is 0.245. The van der Waals surface area contributed by atoms with Crippen LogP contribution in [0.25, 0.3) is 10.4 Å². The molecule has 0 spiro atoms. The Bertz CT molecular complexity index is 128. The predicted molar refractivity (Wildman–Crippen MR) is 33.6 cm³/mol. The molecule has 0 unspecified atom stereocenters. The lowest BCUT2D eigenvalue weighted by molar-refractivity contribution is 0.407. The fraction of sp³-hybridized carbons (Fsp3) is 0.667. The molecule has 0 fully saturated rings. The molecule has 0 aliphatic rings. The van der Waals surface area contributed by atoms with Crippen LogP contribution >= 0.6 is 12.2 Å². The number of hydrogen-bond acceptors (Lipinski definition) is 3. The Hall–Kier alpha value is -0.800. The molecule has 0 aromatic heterocycles. The molecule has 0 aliphatic carbocycles. The van der Waals surface area contributed by atoms with Crippen LogP contribution in [0.1, 0.15) is 0 Å². The van der Waals surface area contributed by atoms with Crippen molar-refractivity contribution < 1.29 is 4.74 Å². The molecule has 0 saturated heterocycles. The summed E-state index contributed by atoms with van der Waals surface area (Å²) in [6.45, 7) is 0.141. The minimum absolute atomic E-state index is 0.141. The van der Waals surface area contributed by atoms with E-state index in [0.29, 0.717) is 5.05 Å². The van der Waals surface area contributed by atoms with Crippen molar-refractivity contribution in [2.24, 2.45) is 5.11 Å². The molecular weight excluding hydrogens is 126 g/mol. The maximum Gasteiger partial charge on any atom is 0.165 e. The van der Waals surface area contributed by atoms with Gasteiger partial charge in [-0.1, -0.05) is 5.11 Å². The molecule has 44 valence electrons. The van der Waals surface area contributed by atoms with Crippen LogP contribution in [0.4, 0.5) is 0 Å². The van der Waals surface area contributed by atoms with Gasteiger partial charge in [-0.05, 0) is 17.7 Å². The average molecular weight is 131 g/mol. The smallest absolute Gasteiger partial charge is 0.165 e. The van der Waals surface area contributed by atoms with Crippen LogP contribution in [-0.2, 0) is 4.74 Å². The maximum atomic E-state index is 7.75. The van der Waals surface area contributed by atoms with Gasteiger partial charge < -0.3 is 4.74 Å². The maximum absolute atomic E-state index is 7.75. The molecule has 0 aliphatic heterocycles. The summed E-state index contributed by atoms with van der Waals surface area (Å²) in [4.78, 5) is 2.48. The van der Waals surface area contributed by atoms with Crippen LogP contribution in [0.5, 0.6) is 0 Å². The second-order valence-electron chi connectivity index (χ2n) is 0.965. The molecule has 0 aromatic rings. The minimum atomic E-state index is 0.141. The van der Waals surface area contributed by atoms with Gasteiger partial charge in [0.1, 0.15) is 0 Å². The van der Waals surface area contributed by atoms with Crippen molar-refractivity contribution in [3.05, 3.63) is 10.4 Å². The number of nitrogens with zero attached hydrogens (tertiary/aromatic N) is 3. The summed E-state index contributed by atoms with van der Waals surface area (Å²) >= 11 is 4.53. The van der Waals surface area contributed by atoms with Crippen molar-refractivity contribution in [1.82, 2.24) is 0 Å². The van der Waals surface area contributed by atoms with Gasteiger partial charge in [0.25, 0.3) is 0 Å². The first kappa shape index (κ1) is 7.20. The highest BCUT2D eigenvalue weighted by atomic mass is 32.1. The van der Waals surface area contributed by atoms with Crippen LogP contribution in [0.2, 0.25) is 0 Å². The zero-order valence-electron chi connectivity index (χ0n) is 4.37. The first-order valence-electron chi connectivity index (χ1n) is 1.89. The van der Waals surface area contributed by atoms with Gasteiger partial charge in [-0.25, -0.2) is 0 Å². The van der Waals surface area contributed by atoms with Gasteiger partial charge in [0.05, 0.1) is 13.7 Å². The van der Waals surface area contributed by atoms with Crippen LogP contribution in [0.15, 0.2) is 5.11 Å². The Kier molecular flexibility index (Phi) is 3.93. The largest absolute Gasteiger partial charge is 0.490 e. The predicted octanol–water partition coefficient (Wildman–Crippen LogP) is 1.27. The van der Waals surface area contributed by atoms with E-state index in [4.69, 9.17) is 5.53 Å². The number of hydrogen-bond donors (Lipinski definition) is 0. The summed E-state index contributed by atoms with van der Waals surface area (Å²) in [6, 6.07) is 0. The van der Waals surface area contributed by atoms with E-state index in [2.05, 4.69) is 27.0 Å². The Morgan fingerprint density at radius 2 is 2.62 bits per heavy atom. The molecule has 0 rings (SSSR count). The zero-order valence-corrected chi connectivity index (χ0v) is 5.18. The molecule has 4 nitrogen and oxygen atoms in total. The number of rotatable bonds is 2. The molecular formula is C3H5N3OS. The van der Waals surface area contributed by atoms with Gasteiger partial charge >= 0.3 is 0 Å². The molecule has 0 amide bonds. The number of thiocarbonyl (C=S) groups is 1. The van der Waals surface area contributed by atoms with Gasteiger partial charge in [0.2, 0.25) is 0 Å². The second-order valence-corrected chi connectivity index (χ2v) is 1.42. The molecule has 0 N–H and O–H groups in total. The van der Waals surface area contributed by atoms with Gasteiger partial charge in [-0.3, -0.25) is 0 Å². The lowest BCUT2D eigenvalue weighted by Crippen LogP contribution is -1.99. The van der Waals surface area contributed by atoms with E-state index in [0.717, 1.165) is 0 Å². The first-order chi connectivity index (χ1) is 3.81. The SMILES string of the molecule is COC(=S)CN=[N+]=[N-]. The highest BCUT2D eigenvalue weighted by molar-refractivity contribution is 7.80. The van der Waals surface area contributed by atoms with Crippen molar-refractivity contribution in [2.45, 2.75) is 0 Å². The average Bonchev–Trinajstić information content (AvgIpc) is 1.83. The monoisotopic (exact) mass is 131 g/mol. The van der Waals surface area contributed by atoms with Crippen LogP contribution < -0.4 is 0 Å². The molecule has 5 heteroatoms. The third-order valence-electron chi connectivity index (χ3n) is 0.491. The van der Waals surface area contributed by atoms with Crippen molar-refractivity contribution >= 4 is 17.3 Å². The summed E-state index contributed by atoms with van der Waals surface area (Å²) in [6.07, 6.45) is 0. The molecule has 0 atom stereocenters. The van der Waals surface area contributed by atoms with E-state index >= 15 is 0 Å². The summed E-state index contributed by atoms with van der Waals surface area (Å²) in [7, 11) is 1.44. The Labute approximate surface area is 52.1 Å². The van der Waals surface area contributed by atoms with Gasteiger partial charge in [0, 0.05) is 4.91 Å². The second kappa shape index (κ2) is 4.36. The fourth-order valence-electron chi connectivity index (χ4n) is 0.154. The molecule has 0 heterocycles. The summed E-state index contributed by atoms with van der Waals surface area (Å²) < 4.78 is 4.52. The Morgan fingerprint density at radius 1 is 2.00 bits per heavy atom. The van der Waals surface area contributed by atoms with E-state index < -0.39 is 0 Å². The molecule has 0 radical (unpaired) electrons. The van der Waals surface area contributed by atoms with Crippen LogP contribution in [0, 0.1) is 0 Å². The Morgan fingerprint density at radius 3 is 3.00 bits per heavy atom. The lowest BCUT2D eigenvalue weighted by Gasteiger charge is -1.92. The normalized spacial score (nSPS) is 7.12. The van der Waals surface area contributed by atoms with Gasteiger partial charge in [-0.2, -0.15) is 0 Å². The molecule has 0 bridgehead atoms. The molecule has 8 heavy (non-hydrogen) atoms. The highest BCUT2D eigenvalue weighted by Gasteiger charge is 1.86. The van der Waals surface area contributed by atoms with E-state index in [-0.39, 0.29) is 6.54 Å². The lowest BCUT2D eigenvalue weighted by atomic mass is 10.7. The summed E-state index contributed by atoms with van der Waals surface area (Å²) in [5, 5.41) is 3.47. The Balaban J connectivity index is 3.39. The van der Waals surface area contributed by atoms with E-state index in [1.807, 2.05) is 0 Å². The van der Waals surface area contributed by atoms with E-state index in [9.17, 15) is 0 Å². The van der Waals surface area contributed by atoms with E-state index in [1.165, 1.54) is 7.11 Å². The van der Waals surface area contributed by atoms with Crippen molar-refractivity contribution in [1.29, 1.82) is 0 Å². The topological polar surface area (TPSA) is 58.0 Å². The standard InChI is InChI=1S/C3H5N3OS/c1-7-3(8)2-5-6-4/h2H2,1H3. The van der Waals surface area contributed by atoms with E-state index in [1.54, 1.807) is 0 Å². The fourth-order valence-corrected chi connectivity index (χ4v) is 0.212. The van der Waals surface area contributed by atoms with Crippen molar-refractivity contribution in [3.8, 4) is 0 Å². The molecule has 0 aromatic carbocycles. The van der Waals surface area contributed by atoms with Crippen LogP contribution in [-0.4, -0.2) is 18.7 Å². The third-order valence-corrected chi connectivity index (χ3v) is 0.786. The summed E-state index contributed by atoms with van der Waals surface area (Å²) in [5.74, 6) is 0. The van der Waals surface area contributed by atoms with Crippen LogP contribution in [0.3, 0.4) is 0 Å². The van der Waals surface area contributed by atoms with Gasteiger partial charge in [0.15, 0.2) is 5.05 Å².